The predicted octanol–water partition coefficient (Wildman–Crippen LogP) is 7.75. The van der Waals surface area contributed by atoms with E-state index < -0.39 is 0 Å². The minimum atomic E-state index is 0.0264. The zero-order valence-corrected chi connectivity index (χ0v) is 26.2. The van der Waals surface area contributed by atoms with Crippen molar-refractivity contribution in [2.75, 3.05) is 19.8 Å². The van der Waals surface area contributed by atoms with E-state index >= 15 is 0 Å². The first-order valence-electron chi connectivity index (χ1n) is 15.9. The number of hydrogen-bond acceptors (Lipinski definition) is 6. The summed E-state index contributed by atoms with van der Waals surface area (Å²) < 4.78 is 18.6. The van der Waals surface area contributed by atoms with Crippen LogP contribution in [0.25, 0.3) is 0 Å². The van der Waals surface area contributed by atoms with Gasteiger partial charge in [0.25, 0.3) is 0 Å². The van der Waals surface area contributed by atoms with E-state index in [2.05, 4.69) is 93.6 Å². The third-order valence-corrected chi connectivity index (χ3v) is 9.38. The van der Waals surface area contributed by atoms with Crippen molar-refractivity contribution in [2.45, 2.75) is 58.2 Å². The average Bonchev–Trinajstić information content (AvgIpc) is 3.87. The molecule has 0 saturated heterocycles. The maximum Gasteiger partial charge on any atom is 0.188 e. The van der Waals surface area contributed by atoms with Crippen LogP contribution >= 0.6 is 0 Å². The first kappa shape index (κ1) is 29.0. The Bertz CT molecular complexity index is 1530. The molecule has 0 amide bonds. The summed E-state index contributed by atoms with van der Waals surface area (Å²) in [6.07, 6.45) is 1.92. The first-order chi connectivity index (χ1) is 22.0. The molecule has 0 radical (unpaired) electrons. The van der Waals surface area contributed by atoms with E-state index in [1.54, 1.807) is 0 Å². The Labute approximate surface area is 265 Å². The number of ether oxygens (including phenoxy) is 3. The van der Waals surface area contributed by atoms with E-state index in [9.17, 15) is 0 Å². The van der Waals surface area contributed by atoms with Crippen LogP contribution in [0.5, 0.6) is 0 Å². The second kappa shape index (κ2) is 12.7. The van der Waals surface area contributed by atoms with E-state index in [0.29, 0.717) is 39.1 Å². The second-order valence-electron chi connectivity index (χ2n) is 12.1. The molecule has 7 rings (SSSR count). The highest BCUT2D eigenvalue weighted by atomic mass is 16.5. The monoisotopic (exact) mass is 597 g/mol. The number of rotatable bonds is 9. The summed E-state index contributed by atoms with van der Waals surface area (Å²) in [6, 6.07) is 31.2. The van der Waals surface area contributed by atoms with Crippen molar-refractivity contribution in [1.29, 1.82) is 0 Å². The summed E-state index contributed by atoms with van der Waals surface area (Å²) >= 11 is 0. The largest absolute Gasteiger partial charge is 0.478 e. The van der Waals surface area contributed by atoms with E-state index in [0.717, 1.165) is 17.7 Å². The van der Waals surface area contributed by atoms with Crippen LogP contribution in [0.3, 0.4) is 0 Å². The highest BCUT2D eigenvalue weighted by Crippen LogP contribution is 2.34. The smallest absolute Gasteiger partial charge is 0.188 e. The molecule has 0 aliphatic carbocycles. The van der Waals surface area contributed by atoms with E-state index in [1.165, 1.54) is 50.1 Å². The summed E-state index contributed by atoms with van der Waals surface area (Å²) in [5.41, 5.74) is 11.0. The molecular weight excluding hydrogens is 558 g/mol. The van der Waals surface area contributed by atoms with Crippen molar-refractivity contribution in [3.05, 3.63) is 141 Å². The van der Waals surface area contributed by atoms with E-state index in [-0.39, 0.29) is 18.1 Å². The van der Waals surface area contributed by atoms with Crippen molar-refractivity contribution < 1.29 is 14.2 Å². The van der Waals surface area contributed by atoms with Gasteiger partial charge in [-0.1, -0.05) is 91.0 Å². The van der Waals surface area contributed by atoms with Crippen LogP contribution < -0.4 is 0 Å². The molecule has 45 heavy (non-hydrogen) atoms. The molecule has 3 aliphatic heterocycles. The quantitative estimate of drug-likeness (QED) is 0.198. The fraction of sp³-hybridized carbons (Fsp3) is 0.308. The molecule has 4 aromatic carbocycles. The van der Waals surface area contributed by atoms with Crippen molar-refractivity contribution in [3.8, 4) is 0 Å². The molecule has 0 saturated carbocycles. The van der Waals surface area contributed by atoms with Gasteiger partial charge in [-0.25, -0.2) is 15.0 Å². The molecular formula is C39H39N3O3. The maximum absolute atomic E-state index is 6.19. The minimum absolute atomic E-state index is 0.0264. The molecule has 0 fully saturated rings. The van der Waals surface area contributed by atoms with E-state index in [4.69, 9.17) is 29.2 Å². The summed E-state index contributed by atoms with van der Waals surface area (Å²) in [7, 11) is 0. The van der Waals surface area contributed by atoms with Gasteiger partial charge in [0.2, 0.25) is 0 Å². The zero-order valence-electron chi connectivity index (χ0n) is 26.2. The third-order valence-electron chi connectivity index (χ3n) is 9.38. The minimum Gasteiger partial charge on any atom is -0.478 e. The lowest BCUT2D eigenvalue weighted by molar-refractivity contribution is 0.313. The van der Waals surface area contributed by atoms with Gasteiger partial charge in [0, 0.05) is 19.3 Å². The Morgan fingerprint density at radius 2 is 0.711 bits per heavy atom. The number of nitrogens with zero attached hydrogens (tertiary/aromatic N) is 3. The van der Waals surface area contributed by atoms with Crippen LogP contribution in [0.4, 0.5) is 0 Å². The Kier molecular flexibility index (Phi) is 8.21. The number of aliphatic imine (C=N–C) groups is 3. The zero-order chi connectivity index (χ0) is 30.8. The summed E-state index contributed by atoms with van der Waals surface area (Å²) in [4.78, 5) is 15.0. The van der Waals surface area contributed by atoms with Gasteiger partial charge in [0.1, 0.15) is 37.9 Å². The van der Waals surface area contributed by atoms with Gasteiger partial charge in [0.05, 0.1) is 0 Å². The first-order valence-corrected chi connectivity index (χ1v) is 15.9. The Hall–Kier alpha value is -4.71. The highest BCUT2D eigenvalue weighted by Gasteiger charge is 2.28. The van der Waals surface area contributed by atoms with Crippen molar-refractivity contribution >= 4 is 17.7 Å². The lowest BCUT2D eigenvalue weighted by Gasteiger charge is -2.22. The van der Waals surface area contributed by atoms with E-state index in [1.807, 2.05) is 18.2 Å². The Balaban J connectivity index is 1.22. The topological polar surface area (TPSA) is 64.8 Å². The van der Waals surface area contributed by atoms with Crippen LogP contribution in [0.1, 0.15) is 68.2 Å². The molecule has 3 aliphatic rings. The van der Waals surface area contributed by atoms with Crippen LogP contribution in [-0.4, -0.2) is 37.5 Å². The molecule has 6 heteroatoms. The fourth-order valence-corrected chi connectivity index (χ4v) is 6.74. The molecule has 3 heterocycles. The summed E-state index contributed by atoms with van der Waals surface area (Å²) in [6.45, 7) is 8.37. The van der Waals surface area contributed by atoms with Crippen LogP contribution in [0.15, 0.2) is 106 Å². The molecule has 3 atom stereocenters. The SMILES string of the molecule is Cc1c(CC2=NC(c3ccccc3)CO2)c(C)c(CC2=NC(c3ccccc3)CO2)c(C)c1CC1=NC(c2ccccc2)CO1. The molecule has 3 unspecified atom stereocenters. The van der Waals surface area contributed by atoms with Gasteiger partial charge in [-0.2, -0.15) is 0 Å². The van der Waals surface area contributed by atoms with Crippen molar-refractivity contribution in [3.63, 3.8) is 0 Å². The summed E-state index contributed by atoms with van der Waals surface area (Å²) in [5, 5.41) is 0. The number of hydrogen-bond donors (Lipinski definition) is 0. The summed E-state index contributed by atoms with van der Waals surface area (Å²) in [5.74, 6) is 2.36. The lowest BCUT2D eigenvalue weighted by Crippen LogP contribution is -2.16. The lowest BCUT2D eigenvalue weighted by atomic mass is 9.84. The van der Waals surface area contributed by atoms with Gasteiger partial charge >= 0.3 is 0 Å². The van der Waals surface area contributed by atoms with Gasteiger partial charge in [-0.05, 0) is 70.8 Å². The molecule has 4 aromatic rings. The predicted molar refractivity (Wildman–Crippen MR) is 179 cm³/mol. The number of benzene rings is 4. The average molecular weight is 598 g/mol. The van der Waals surface area contributed by atoms with Crippen molar-refractivity contribution in [2.24, 2.45) is 15.0 Å². The second-order valence-corrected chi connectivity index (χ2v) is 12.1. The van der Waals surface area contributed by atoms with Crippen LogP contribution in [-0.2, 0) is 33.5 Å². The molecule has 6 nitrogen and oxygen atoms in total. The highest BCUT2D eigenvalue weighted by molar-refractivity contribution is 5.86. The van der Waals surface area contributed by atoms with Crippen LogP contribution in [0.2, 0.25) is 0 Å². The molecule has 0 aromatic heterocycles. The third kappa shape index (κ3) is 6.15. The van der Waals surface area contributed by atoms with Gasteiger partial charge in [-0.15, -0.1) is 0 Å². The normalized spacial score (nSPS) is 20.6. The molecule has 228 valence electrons. The Morgan fingerprint density at radius 1 is 0.444 bits per heavy atom. The molecule has 0 N–H and O–H groups in total. The fourth-order valence-electron chi connectivity index (χ4n) is 6.74. The van der Waals surface area contributed by atoms with Gasteiger partial charge in [0.15, 0.2) is 17.7 Å². The van der Waals surface area contributed by atoms with Crippen molar-refractivity contribution in [1.82, 2.24) is 0 Å². The van der Waals surface area contributed by atoms with Crippen LogP contribution in [0, 0.1) is 20.8 Å². The standard InChI is InChI=1S/C39H39N3O3/c1-25-31(19-37-40-34(22-43-37)28-13-7-4-8-14-28)26(2)33(21-39-42-36(24-45-39)30-17-11-6-12-18-30)27(3)32(25)20-38-41-35(23-44-38)29-15-9-5-10-16-29/h4-18,34-36H,19-24H2,1-3H3. The molecule has 0 bridgehead atoms. The van der Waals surface area contributed by atoms with Gasteiger partial charge in [-0.3, -0.25) is 0 Å². The van der Waals surface area contributed by atoms with Gasteiger partial charge < -0.3 is 14.2 Å². The molecule has 0 spiro atoms. The Morgan fingerprint density at radius 3 is 0.978 bits per heavy atom. The maximum atomic E-state index is 6.19.